The molecule has 3 aromatic rings. The number of ether oxygens (including phenoxy) is 1. The molecular weight excluding hydrogens is 777 g/mol. The molecule has 0 saturated carbocycles. The van der Waals surface area contributed by atoms with Crippen molar-refractivity contribution in [2.24, 2.45) is 23.2 Å². The molecule has 2 aliphatic heterocycles. The molecule has 16 nitrogen and oxygen atoms in total. The zero-order valence-electron chi connectivity index (χ0n) is 35.5. The number of benzene rings is 1. The molecule has 3 aliphatic rings. The SMILES string of the molecule is CC/C(=N\N=C(/C)OC)NC(=O)Cn1cc(C2=CCC(c3cnc(C(=O)Nc4ccc(C(=O)N5CCN(C(=O)C6CC[N+](C)(C)C6)CC5)c(C)c4)n3C)C(F)=C2F)c(C)n1. The molecule has 2 atom stereocenters. The number of aromatic nitrogens is 4. The first-order valence-electron chi connectivity index (χ1n) is 20.1. The monoisotopic (exact) mass is 830 g/mol. The Morgan fingerprint density at radius 1 is 1.05 bits per heavy atom. The number of imidazole rings is 1. The molecule has 18 heteroatoms. The lowest BCUT2D eigenvalue weighted by Crippen LogP contribution is -2.52. The number of nitrogens with one attached hydrogen (secondary N) is 2. The van der Waals surface area contributed by atoms with Crippen molar-refractivity contribution in [1.29, 1.82) is 0 Å². The molecule has 2 N–H and O–H groups in total. The van der Waals surface area contributed by atoms with Gasteiger partial charge in [0.05, 0.1) is 51.8 Å². The van der Waals surface area contributed by atoms with Crippen LogP contribution in [-0.4, -0.2) is 129 Å². The van der Waals surface area contributed by atoms with Gasteiger partial charge in [-0.05, 0) is 44.0 Å². The minimum Gasteiger partial charge on any atom is -0.483 e. The lowest BCUT2D eigenvalue weighted by Gasteiger charge is -2.36. The summed E-state index contributed by atoms with van der Waals surface area (Å²) in [5.41, 5.74) is 2.66. The van der Waals surface area contributed by atoms with E-state index in [9.17, 15) is 19.2 Å². The highest BCUT2D eigenvalue weighted by atomic mass is 19.2. The number of methoxy groups -OCH3 is 1. The molecule has 2 unspecified atom stereocenters. The molecule has 1 aliphatic carbocycles. The number of aryl methyl sites for hydroxylation is 2. The third-order valence-corrected chi connectivity index (χ3v) is 11.4. The molecule has 2 aromatic heterocycles. The molecule has 1 aromatic carbocycles. The number of rotatable bonds is 10. The van der Waals surface area contributed by atoms with Gasteiger partial charge in [0.25, 0.3) is 11.8 Å². The standard InChI is InChI=1S/C42H53F2N11O5/c1-9-35(49-48-27(4)60-8)47-36(56)23-54-22-33(26(3)50-54)31-12-13-32(38(44)37(31)43)34-21-45-39(51(34)5)40(57)46-29-10-11-30(25(2)20-29)42(59)53-17-15-52(16-18-53)41(58)28-14-19-55(6,7)24-28/h10-12,20-22,28,32H,9,13-19,23-24H2,1-8H3,(H-,46,47,49,56,57,59)/p+1/b48-27+. The predicted molar refractivity (Wildman–Crippen MR) is 222 cm³/mol. The average Bonchev–Trinajstić information content (AvgIpc) is 3.91. The number of hydrogen-bond donors (Lipinski definition) is 2. The first-order chi connectivity index (χ1) is 28.5. The Bertz CT molecular complexity index is 2300. The number of quaternary nitrogens is 1. The summed E-state index contributed by atoms with van der Waals surface area (Å²) in [4.78, 5) is 60.7. The zero-order chi connectivity index (χ0) is 43.5. The summed E-state index contributed by atoms with van der Waals surface area (Å²) < 4.78 is 40.2. The van der Waals surface area contributed by atoms with Crippen LogP contribution in [0.25, 0.3) is 5.57 Å². The number of piperazine rings is 1. The molecule has 4 amide bonds. The Hall–Kier alpha value is -6.04. The van der Waals surface area contributed by atoms with E-state index in [1.165, 1.54) is 28.8 Å². The number of halogens is 2. The van der Waals surface area contributed by atoms with Crippen molar-refractivity contribution >= 4 is 46.6 Å². The fourth-order valence-corrected chi connectivity index (χ4v) is 7.93. The van der Waals surface area contributed by atoms with Crippen molar-refractivity contribution in [2.45, 2.75) is 59.4 Å². The van der Waals surface area contributed by atoms with Crippen LogP contribution in [-0.2, 0) is 27.9 Å². The Kier molecular flexibility index (Phi) is 13.1. The number of likely N-dealkylation sites (tertiary alicyclic amines) is 1. The van der Waals surface area contributed by atoms with Crippen LogP contribution in [0.2, 0.25) is 0 Å². The molecule has 320 valence electrons. The molecule has 0 radical (unpaired) electrons. The Morgan fingerprint density at radius 3 is 2.42 bits per heavy atom. The van der Waals surface area contributed by atoms with Gasteiger partial charge in [0.1, 0.15) is 18.2 Å². The second-order valence-corrected chi connectivity index (χ2v) is 16.2. The molecular formula is C42H54F2N11O5+. The van der Waals surface area contributed by atoms with Gasteiger partial charge in [-0.3, -0.25) is 23.9 Å². The van der Waals surface area contributed by atoms with E-state index < -0.39 is 29.4 Å². The number of carbonyl (C=O) groups is 4. The van der Waals surface area contributed by atoms with E-state index in [0.29, 0.717) is 78.1 Å². The van der Waals surface area contributed by atoms with Crippen molar-refractivity contribution in [3.05, 3.63) is 82.2 Å². The smallest absolute Gasteiger partial charge is 0.291 e. The first-order valence-corrected chi connectivity index (χ1v) is 20.1. The van der Waals surface area contributed by atoms with E-state index in [-0.39, 0.29) is 42.1 Å². The van der Waals surface area contributed by atoms with Crippen molar-refractivity contribution in [3.63, 3.8) is 0 Å². The number of nitrogens with zero attached hydrogens (tertiary/aromatic N) is 9. The van der Waals surface area contributed by atoms with Crippen molar-refractivity contribution in [2.75, 3.05) is 65.8 Å². The molecule has 2 fully saturated rings. The van der Waals surface area contributed by atoms with E-state index in [4.69, 9.17) is 4.74 Å². The Balaban J connectivity index is 1.06. The summed E-state index contributed by atoms with van der Waals surface area (Å²) in [6.45, 7) is 10.4. The fraction of sp³-hybridized carbons (Fsp3) is 0.476. The normalized spacial score (nSPS) is 19.7. The van der Waals surface area contributed by atoms with Crippen LogP contribution in [0.5, 0.6) is 0 Å². The summed E-state index contributed by atoms with van der Waals surface area (Å²) >= 11 is 0. The van der Waals surface area contributed by atoms with Gasteiger partial charge in [-0.2, -0.15) is 5.10 Å². The van der Waals surface area contributed by atoms with Gasteiger partial charge in [0.2, 0.25) is 17.7 Å². The number of allylic oxidation sites excluding steroid dienone is 4. The minimum absolute atomic E-state index is 0.00868. The van der Waals surface area contributed by atoms with Crippen molar-refractivity contribution in [3.8, 4) is 0 Å². The van der Waals surface area contributed by atoms with Crippen LogP contribution in [0.1, 0.15) is 82.5 Å². The maximum atomic E-state index is 15.9. The maximum Gasteiger partial charge on any atom is 0.291 e. The van der Waals surface area contributed by atoms with Crippen LogP contribution in [0.3, 0.4) is 0 Å². The highest BCUT2D eigenvalue weighted by Gasteiger charge is 2.39. The Labute approximate surface area is 348 Å². The average molecular weight is 831 g/mol. The highest BCUT2D eigenvalue weighted by Crippen LogP contribution is 2.42. The van der Waals surface area contributed by atoms with Crippen molar-refractivity contribution in [1.82, 2.24) is 34.4 Å². The Morgan fingerprint density at radius 2 is 1.77 bits per heavy atom. The van der Waals surface area contributed by atoms with Gasteiger partial charge < -0.3 is 34.2 Å². The lowest BCUT2D eigenvalue weighted by molar-refractivity contribution is -0.878. The third-order valence-electron chi connectivity index (χ3n) is 11.4. The van der Waals surface area contributed by atoms with Gasteiger partial charge in [-0.15, -0.1) is 10.2 Å². The number of hydrogen-bond acceptors (Lipinski definition) is 9. The minimum atomic E-state index is -1.06. The van der Waals surface area contributed by atoms with E-state index in [0.717, 1.165) is 24.0 Å². The van der Waals surface area contributed by atoms with Crippen LogP contribution >= 0.6 is 0 Å². The zero-order valence-corrected chi connectivity index (χ0v) is 35.5. The van der Waals surface area contributed by atoms with Crippen LogP contribution in [0, 0.1) is 19.8 Å². The van der Waals surface area contributed by atoms with Gasteiger partial charge >= 0.3 is 0 Å². The van der Waals surface area contributed by atoms with E-state index in [1.807, 2.05) is 4.90 Å². The number of amidine groups is 1. The van der Waals surface area contributed by atoms with Gasteiger partial charge in [0.15, 0.2) is 11.7 Å². The third kappa shape index (κ3) is 9.54. The lowest BCUT2D eigenvalue weighted by atomic mass is 9.89. The molecule has 0 spiro atoms. The molecule has 0 bridgehead atoms. The van der Waals surface area contributed by atoms with E-state index in [2.05, 4.69) is 45.0 Å². The number of anilines is 1. The van der Waals surface area contributed by atoms with Crippen molar-refractivity contribution < 1.29 is 37.2 Å². The maximum absolute atomic E-state index is 15.9. The predicted octanol–water partition coefficient (Wildman–Crippen LogP) is 4.49. The highest BCUT2D eigenvalue weighted by molar-refractivity contribution is 6.03. The second kappa shape index (κ2) is 18.1. The molecule has 4 heterocycles. The molecule has 2 saturated heterocycles. The quantitative estimate of drug-likeness (QED) is 0.131. The van der Waals surface area contributed by atoms with E-state index in [1.54, 1.807) is 63.9 Å². The van der Waals surface area contributed by atoms with Gasteiger partial charge in [-0.1, -0.05) is 13.0 Å². The van der Waals surface area contributed by atoms with Crippen LogP contribution in [0.15, 0.2) is 58.5 Å². The fourth-order valence-electron chi connectivity index (χ4n) is 7.93. The van der Waals surface area contributed by atoms with Crippen LogP contribution < -0.4 is 10.6 Å². The largest absolute Gasteiger partial charge is 0.483 e. The van der Waals surface area contributed by atoms with E-state index >= 15 is 8.78 Å². The first kappa shape index (κ1) is 43.5. The topological polar surface area (TPSA) is 168 Å². The molecule has 60 heavy (non-hydrogen) atoms. The summed E-state index contributed by atoms with van der Waals surface area (Å²) in [6, 6.07) is 5.01. The van der Waals surface area contributed by atoms with Crippen LogP contribution in [0.4, 0.5) is 14.5 Å². The summed E-state index contributed by atoms with van der Waals surface area (Å²) in [7, 11) is 7.31. The summed E-state index contributed by atoms with van der Waals surface area (Å²) in [6.07, 6.45) is 5.79. The van der Waals surface area contributed by atoms with Gasteiger partial charge in [-0.25, -0.2) is 13.8 Å². The summed E-state index contributed by atoms with van der Waals surface area (Å²) in [5.74, 6) is -3.39. The number of carbonyl (C=O) groups excluding carboxylic acids is 4. The molecule has 6 rings (SSSR count). The second-order valence-electron chi connectivity index (χ2n) is 16.2. The number of amides is 4. The van der Waals surface area contributed by atoms with Gasteiger partial charge in [0, 0.05) is 93.5 Å². The summed E-state index contributed by atoms with van der Waals surface area (Å²) in [5, 5.41) is 17.7.